The van der Waals surface area contributed by atoms with Gasteiger partial charge in [-0.25, -0.2) is 0 Å². The number of hydrogen-bond donors (Lipinski definition) is 5. The zero-order valence-corrected chi connectivity index (χ0v) is 23.1. The highest BCUT2D eigenvalue weighted by atomic mass is 16.6. The van der Waals surface area contributed by atoms with Crippen molar-refractivity contribution < 1.29 is 48.7 Å². The summed E-state index contributed by atoms with van der Waals surface area (Å²) in [6.45, 7) is 2.64. The van der Waals surface area contributed by atoms with Gasteiger partial charge in [-0.3, -0.25) is 19.2 Å². The van der Waals surface area contributed by atoms with Crippen molar-refractivity contribution in [3.05, 3.63) is 35.1 Å². The molecule has 1 aliphatic heterocycles. The molecule has 1 heterocycles. The summed E-state index contributed by atoms with van der Waals surface area (Å²) in [4.78, 5) is 49.4. The second kappa shape index (κ2) is 11.0. The predicted molar refractivity (Wildman–Crippen MR) is 141 cm³/mol. The minimum Gasteiger partial charge on any atom is -0.504 e. The van der Waals surface area contributed by atoms with Gasteiger partial charge < -0.3 is 40.2 Å². The lowest BCUT2D eigenvalue weighted by Crippen LogP contribution is -2.69. The van der Waals surface area contributed by atoms with E-state index in [0.717, 1.165) is 24.0 Å². The number of esters is 2. The molecular formula is C29H36N2O10. The van der Waals surface area contributed by atoms with E-state index in [9.17, 15) is 34.5 Å². The van der Waals surface area contributed by atoms with E-state index in [4.69, 9.17) is 14.2 Å². The second-order valence-electron chi connectivity index (χ2n) is 11.3. The van der Waals surface area contributed by atoms with Crippen molar-refractivity contribution in [1.82, 2.24) is 10.6 Å². The van der Waals surface area contributed by atoms with Crippen LogP contribution in [0, 0.1) is 5.92 Å². The van der Waals surface area contributed by atoms with Crippen molar-refractivity contribution >= 4 is 23.8 Å². The van der Waals surface area contributed by atoms with E-state index in [2.05, 4.69) is 10.6 Å². The first-order chi connectivity index (χ1) is 19.5. The lowest BCUT2D eigenvalue weighted by Gasteiger charge is -2.60. The molecular weight excluding hydrogens is 536 g/mol. The van der Waals surface area contributed by atoms with Gasteiger partial charge in [0.15, 0.2) is 17.6 Å². The van der Waals surface area contributed by atoms with E-state index in [1.807, 2.05) is 6.07 Å². The maximum Gasteiger partial charge on any atom is 0.312 e. The highest BCUT2D eigenvalue weighted by molar-refractivity contribution is 5.81. The molecule has 1 saturated carbocycles. The summed E-state index contributed by atoms with van der Waals surface area (Å²) in [5, 5.41) is 34.5. The van der Waals surface area contributed by atoms with Crippen LogP contribution < -0.4 is 15.4 Å². The Kier molecular flexibility index (Phi) is 7.73. The van der Waals surface area contributed by atoms with Crippen LogP contribution in [0.3, 0.4) is 0 Å². The second-order valence-corrected chi connectivity index (χ2v) is 11.3. The molecule has 0 aromatic heterocycles. The van der Waals surface area contributed by atoms with E-state index in [1.54, 1.807) is 12.1 Å². The van der Waals surface area contributed by atoms with Crippen LogP contribution in [0.2, 0.25) is 0 Å². The van der Waals surface area contributed by atoms with Crippen molar-refractivity contribution in [2.75, 3.05) is 13.1 Å². The van der Waals surface area contributed by atoms with Crippen LogP contribution in [0.1, 0.15) is 63.5 Å². The third kappa shape index (κ3) is 4.82. The molecule has 41 heavy (non-hydrogen) atoms. The van der Waals surface area contributed by atoms with E-state index in [-0.39, 0.29) is 49.8 Å². The summed E-state index contributed by atoms with van der Waals surface area (Å²) < 4.78 is 18.5. The smallest absolute Gasteiger partial charge is 0.312 e. The van der Waals surface area contributed by atoms with Gasteiger partial charge in [0.1, 0.15) is 23.6 Å². The summed E-state index contributed by atoms with van der Waals surface area (Å²) in [5.74, 6) is -1.85. The highest BCUT2D eigenvalue weighted by Gasteiger charge is 2.73. The fraction of sp³-hybridized carbons (Fsp3) is 0.586. The number of amides is 2. The number of aliphatic hydroxyl groups excluding tert-OH is 2. The lowest BCUT2D eigenvalue weighted by molar-refractivity contribution is -0.200. The monoisotopic (exact) mass is 572 g/mol. The van der Waals surface area contributed by atoms with Gasteiger partial charge in [0, 0.05) is 31.0 Å². The first-order valence-corrected chi connectivity index (χ1v) is 14.1. The number of benzene rings is 1. The standard InChI is InChI=1S/C29H36N2O10/c1-15(32)26(37)30-12-8-21(35)39-20-7-11-29(41-22(36)9-13-31-27(38)16(2)33)18-4-3-10-28(29)23-17(14-18)5-6-19(34)24(23)40-25(20)28/h5-7,15-16,18,25,32-34H,3-4,8-14H2,1-2H3,(H,30,37)(H,31,38)/t15-,16-,18+,25-,28-,29+/m0/s1. The van der Waals surface area contributed by atoms with Crippen LogP contribution >= 0.6 is 0 Å². The van der Waals surface area contributed by atoms with Crippen molar-refractivity contribution in [3.63, 3.8) is 0 Å². The van der Waals surface area contributed by atoms with E-state index in [0.29, 0.717) is 18.6 Å². The van der Waals surface area contributed by atoms with Gasteiger partial charge in [-0.05, 0) is 50.8 Å². The van der Waals surface area contributed by atoms with Crippen molar-refractivity contribution in [1.29, 1.82) is 0 Å². The topological polar surface area (TPSA) is 181 Å². The summed E-state index contributed by atoms with van der Waals surface area (Å²) in [7, 11) is 0. The predicted octanol–water partition coefficient (Wildman–Crippen LogP) is 0.634. The van der Waals surface area contributed by atoms with Gasteiger partial charge >= 0.3 is 11.9 Å². The summed E-state index contributed by atoms with van der Waals surface area (Å²) in [6.07, 6.45) is 1.33. The third-order valence-corrected chi connectivity index (χ3v) is 8.77. The first kappa shape index (κ1) is 28.9. The Bertz CT molecular complexity index is 1290. The van der Waals surface area contributed by atoms with Gasteiger partial charge in [0.2, 0.25) is 11.8 Å². The molecule has 3 aliphatic carbocycles. The number of carbonyl (C=O) groups excluding carboxylic acids is 4. The maximum atomic E-state index is 13.2. The van der Waals surface area contributed by atoms with Crippen LogP contribution in [-0.4, -0.2) is 76.1 Å². The van der Waals surface area contributed by atoms with Crippen LogP contribution in [0.15, 0.2) is 24.0 Å². The number of hydrogen-bond acceptors (Lipinski definition) is 10. The molecule has 12 nitrogen and oxygen atoms in total. The van der Waals surface area contributed by atoms with Gasteiger partial charge in [-0.1, -0.05) is 12.5 Å². The van der Waals surface area contributed by atoms with Crippen LogP contribution in [-0.2, 0) is 40.5 Å². The van der Waals surface area contributed by atoms with Crippen molar-refractivity contribution in [2.45, 2.75) is 88.1 Å². The van der Waals surface area contributed by atoms with Crippen molar-refractivity contribution in [2.24, 2.45) is 5.92 Å². The van der Waals surface area contributed by atoms with E-state index in [1.165, 1.54) is 13.8 Å². The number of phenols is 1. The molecule has 2 bridgehead atoms. The number of carbonyl (C=O) groups is 4. The lowest BCUT2D eigenvalue weighted by atomic mass is 9.46. The minimum absolute atomic E-state index is 0.00314. The summed E-state index contributed by atoms with van der Waals surface area (Å²) >= 11 is 0. The van der Waals surface area contributed by atoms with Gasteiger partial charge in [0.05, 0.1) is 18.3 Å². The van der Waals surface area contributed by atoms with Gasteiger partial charge in [-0.2, -0.15) is 0 Å². The largest absolute Gasteiger partial charge is 0.504 e. The van der Waals surface area contributed by atoms with Crippen LogP contribution in [0.5, 0.6) is 11.5 Å². The Morgan fingerprint density at radius 2 is 1.71 bits per heavy atom. The number of aromatic hydroxyl groups is 1. The van der Waals surface area contributed by atoms with E-state index >= 15 is 0 Å². The van der Waals surface area contributed by atoms with Gasteiger partial charge in [0.25, 0.3) is 0 Å². The average molecular weight is 573 g/mol. The molecule has 1 spiro atoms. The molecule has 0 unspecified atom stereocenters. The molecule has 0 saturated heterocycles. The zero-order valence-electron chi connectivity index (χ0n) is 23.1. The summed E-state index contributed by atoms with van der Waals surface area (Å²) in [6, 6.07) is 3.45. The quantitative estimate of drug-likeness (QED) is 0.250. The molecule has 0 radical (unpaired) electrons. The number of phenolic OH excluding ortho intramolecular Hbond substituents is 1. The Balaban J connectivity index is 1.43. The fourth-order valence-electron chi connectivity index (χ4n) is 7.03. The third-order valence-electron chi connectivity index (χ3n) is 8.77. The Morgan fingerprint density at radius 3 is 2.37 bits per heavy atom. The molecule has 1 aromatic carbocycles. The maximum absolute atomic E-state index is 13.2. The molecule has 1 fully saturated rings. The first-order valence-electron chi connectivity index (χ1n) is 14.1. The molecule has 1 aromatic rings. The van der Waals surface area contributed by atoms with Crippen molar-refractivity contribution in [3.8, 4) is 11.5 Å². The number of nitrogens with one attached hydrogen (secondary N) is 2. The minimum atomic E-state index is -1.20. The molecule has 12 heteroatoms. The molecule has 6 atom stereocenters. The molecule has 2 amide bonds. The SMILES string of the molecule is C[C@H](O)C(=O)NCCC(=O)OC1=CC[C@@]2(OC(=O)CCNC(=O)[C@H](C)O)[C@@H]3CCC[C@@]24c2c(ccc(O)c2O[C@@H]14)C3. The number of aliphatic hydroxyl groups is 2. The van der Waals surface area contributed by atoms with Crippen LogP contribution in [0.25, 0.3) is 0 Å². The van der Waals surface area contributed by atoms with Gasteiger partial charge in [-0.15, -0.1) is 0 Å². The Labute approximate surface area is 237 Å². The highest BCUT2D eigenvalue weighted by Crippen LogP contribution is 2.68. The molecule has 5 rings (SSSR count). The molecule has 5 N–H and O–H groups in total. The number of ether oxygens (including phenoxy) is 3. The summed E-state index contributed by atoms with van der Waals surface area (Å²) in [5.41, 5.74) is -0.149. The number of rotatable bonds is 10. The fourth-order valence-corrected chi connectivity index (χ4v) is 7.03. The van der Waals surface area contributed by atoms with Crippen LogP contribution in [0.4, 0.5) is 0 Å². The average Bonchev–Trinajstić information content (AvgIpc) is 3.26. The Hall–Kier alpha value is -3.64. The molecule has 222 valence electrons. The van der Waals surface area contributed by atoms with E-state index < -0.39 is 53.1 Å². The normalized spacial score (nSPS) is 28.2. The molecule has 4 aliphatic rings. The Morgan fingerprint density at radius 1 is 1.05 bits per heavy atom. The zero-order chi connectivity index (χ0) is 29.5.